The predicted octanol–water partition coefficient (Wildman–Crippen LogP) is 4.08. The van der Waals surface area contributed by atoms with Gasteiger partial charge in [0.2, 0.25) is 5.75 Å². The summed E-state index contributed by atoms with van der Waals surface area (Å²) in [7, 11) is -1.79. The lowest BCUT2D eigenvalue weighted by Crippen LogP contribution is -2.44. The van der Waals surface area contributed by atoms with Gasteiger partial charge in [0.15, 0.2) is 32.4 Å². The average molecular weight is 539 g/mol. The molecule has 0 bridgehead atoms. The number of morpholine rings is 1. The van der Waals surface area contributed by atoms with Gasteiger partial charge in [-0.2, -0.15) is 5.10 Å². The summed E-state index contributed by atoms with van der Waals surface area (Å²) in [6.07, 6.45) is 0. The molecule has 188 valence electrons. The second kappa shape index (κ2) is 10.6. The normalized spacial score (nSPS) is 16.4. The first-order valence-corrected chi connectivity index (χ1v) is 13.9. The van der Waals surface area contributed by atoms with Gasteiger partial charge < -0.3 is 19.7 Å². The number of aromatic nitrogens is 4. The van der Waals surface area contributed by atoms with Crippen molar-refractivity contribution < 1.29 is 17.9 Å². The number of anilines is 3. The molecule has 35 heavy (non-hydrogen) atoms. The second-order valence-corrected chi connectivity index (χ2v) is 11.7. The van der Waals surface area contributed by atoms with Crippen molar-refractivity contribution in [2.75, 3.05) is 42.8 Å². The summed E-state index contributed by atoms with van der Waals surface area (Å²) in [5.41, 5.74) is 0.894. The van der Waals surface area contributed by atoms with Gasteiger partial charge in [-0.05, 0) is 43.8 Å². The van der Waals surface area contributed by atoms with E-state index in [1.54, 1.807) is 26.2 Å². The van der Waals surface area contributed by atoms with E-state index in [1.165, 1.54) is 17.8 Å². The summed E-state index contributed by atoms with van der Waals surface area (Å²) in [6.45, 7) is 7.34. The largest absolute Gasteiger partial charge is 0.490 e. The Bertz CT molecular complexity index is 1320. The molecule has 0 radical (unpaired) electrons. The lowest BCUT2D eigenvalue weighted by atomic mass is 10.2. The second-order valence-electron chi connectivity index (χ2n) is 7.99. The highest BCUT2D eigenvalue weighted by Gasteiger charge is 2.27. The molecular weight excluding hydrogens is 512 g/mol. The van der Waals surface area contributed by atoms with Crippen LogP contribution in [0.3, 0.4) is 0 Å². The van der Waals surface area contributed by atoms with Crippen LogP contribution < -0.4 is 15.0 Å². The van der Waals surface area contributed by atoms with E-state index in [0.29, 0.717) is 58.0 Å². The van der Waals surface area contributed by atoms with Crippen LogP contribution in [0, 0.1) is 6.92 Å². The number of nitrogens with one attached hydrogen (secondary N) is 2. The smallest absolute Gasteiger partial charge is 0.204 e. The van der Waals surface area contributed by atoms with Crippen LogP contribution in [0.25, 0.3) is 0 Å². The average Bonchev–Trinajstić information content (AvgIpc) is 3.24. The highest BCUT2D eigenvalue weighted by atomic mass is 35.5. The molecule has 3 aromatic rings. The van der Waals surface area contributed by atoms with Crippen molar-refractivity contribution in [1.29, 1.82) is 0 Å². The minimum Gasteiger partial charge on any atom is -0.490 e. The van der Waals surface area contributed by atoms with Crippen LogP contribution in [0.4, 0.5) is 17.5 Å². The van der Waals surface area contributed by atoms with Crippen molar-refractivity contribution >= 4 is 50.7 Å². The number of nitrogens with zero attached hydrogens (tertiary/aromatic N) is 4. The van der Waals surface area contributed by atoms with E-state index in [2.05, 4.69) is 32.3 Å². The lowest BCUT2D eigenvalue weighted by molar-refractivity contribution is 0.0981. The van der Waals surface area contributed by atoms with Gasteiger partial charge in [-0.3, -0.25) is 5.10 Å². The van der Waals surface area contributed by atoms with Crippen LogP contribution >= 0.6 is 23.4 Å². The zero-order valence-corrected chi connectivity index (χ0v) is 22.2. The fraction of sp³-hybridized carbons (Fsp3) is 0.409. The maximum absolute atomic E-state index is 12.2. The molecule has 3 heterocycles. The summed E-state index contributed by atoms with van der Waals surface area (Å²) < 4.78 is 35.8. The van der Waals surface area contributed by atoms with Gasteiger partial charge in [-0.1, -0.05) is 18.5 Å². The van der Waals surface area contributed by atoms with Gasteiger partial charge in [0.1, 0.15) is 0 Å². The molecule has 10 nitrogen and oxygen atoms in total. The molecule has 1 atom stereocenters. The number of hydrogen-bond acceptors (Lipinski definition) is 10. The van der Waals surface area contributed by atoms with E-state index in [0.717, 1.165) is 5.69 Å². The van der Waals surface area contributed by atoms with E-state index >= 15 is 0 Å². The third-order valence-corrected chi connectivity index (χ3v) is 8.57. The molecule has 0 unspecified atom stereocenters. The Balaban J connectivity index is 1.76. The maximum atomic E-state index is 12.2. The number of ether oxygens (including phenoxy) is 2. The van der Waals surface area contributed by atoms with Crippen LogP contribution in [0.15, 0.2) is 39.2 Å². The Hall–Kier alpha value is -2.54. The summed E-state index contributed by atoms with van der Waals surface area (Å²) in [4.78, 5) is 12.4. The molecule has 1 aliphatic rings. The van der Waals surface area contributed by atoms with E-state index < -0.39 is 9.84 Å². The molecular formula is C22H27ClN6O4S2. The summed E-state index contributed by atoms with van der Waals surface area (Å²) in [5.74, 6) is 2.14. The summed E-state index contributed by atoms with van der Waals surface area (Å²) in [5, 5.41) is 11.1. The van der Waals surface area contributed by atoms with Crippen LogP contribution in [0.1, 0.15) is 19.5 Å². The van der Waals surface area contributed by atoms with Crippen LogP contribution in [0.2, 0.25) is 5.02 Å². The number of hydrogen-bond donors (Lipinski definition) is 2. The van der Waals surface area contributed by atoms with Crippen molar-refractivity contribution in [3.63, 3.8) is 0 Å². The van der Waals surface area contributed by atoms with Crippen molar-refractivity contribution in [2.45, 2.75) is 41.8 Å². The number of sulfone groups is 1. The first kappa shape index (κ1) is 25.5. The molecule has 0 amide bonds. The number of aryl methyl sites for hydroxylation is 1. The van der Waals surface area contributed by atoms with Crippen LogP contribution in [0.5, 0.6) is 5.75 Å². The quantitative estimate of drug-likeness (QED) is 0.405. The molecule has 0 saturated carbocycles. The van der Waals surface area contributed by atoms with Gasteiger partial charge in [0, 0.05) is 23.2 Å². The highest BCUT2D eigenvalue weighted by Crippen LogP contribution is 2.40. The SMILES string of the molecule is CCS(=O)(=O)c1ccc(Sc2nc(Nc3cc(C)[nH]n3)c(OC)c(N3CCOC[C@H]3C)n2)c(Cl)c1. The Morgan fingerprint density at radius 3 is 2.77 bits per heavy atom. The maximum Gasteiger partial charge on any atom is 0.204 e. The van der Waals surface area contributed by atoms with Crippen molar-refractivity contribution in [1.82, 2.24) is 20.2 Å². The molecule has 1 aliphatic heterocycles. The first-order chi connectivity index (χ1) is 16.7. The van der Waals surface area contributed by atoms with Crippen molar-refractivity contribution in [3.8, 4) is 5.75 Å². The molecule has 4 rings (SSSR count). The molecule has 1 aromatic carbocycles. The minimum absolute atomic E-state index is 0.000195. The summed E-state index contributed by atoms with van der Waals surface area (Å²) in [6, 6.07) is 6.61. The van der Waals surface area contributed by atoms with Gasteiger partial charge >= 0.3 is 0 Å². The number of H-pyrrole nitrogens is 1. The van der Waals surface area contributed by atoms with Gasteiger partial charge in [-0.25, -0.2) is 18.4 Å². The Morgan fingerprint density at radius 2 is 2.14 bits per heavy atom. The lowest BCUT2D eigenvalue weighted by Gasteiger charge is -2.35. The Morgan fingerprint density at radius 1 is 1.34 bits per heavy atom. The number of halogens is 1. The van der Waals surface area contributed by atoms with Crippen LogP contribution in [-0.4, -0.2) is 67.2 Å². The highest BCUT2D eigenvalue weighted by molar-refractivity contribution is 7.99. The molecule has 2 aromatic heterocycles. The Kier molecular flexibility index (Phi) is 7.74. The number of benzene rings is 1. The van der Waals surface area contributed by atoms with E-state index in [1.807, 2.05) is 13.0 Å². The minimum atomic E-state index is -3.37. The van der Waals surface area contributed by atoms with Gasteiger partial charge in [-0.15, -0.1) is 0 Å². The number of methoxy groups -OCH3 is 1. The van der Waals surface area contributed by atoms with Gasteiger partial charge in [0.25, 0.3) is 0 Å². The molecule has 2 N–H and O–H groups in total. The number of aromatic amines is 1. The third-order valence-electron chi connectivity index (χ3n) is 5.47. The van der Waals surface area contributed by atoms with Crippen molar-refractivity contribution in [3.05, 3.63) is 35.0 Å². The zero-order valence-electron chi connectivity index (χ0n) is 19.8. The van der Waals surface area contributed by atoms with E-state index in [-0.39, 0.29) is 16.7 Å². The fourth-order valence-electron chi connectivity index (χ4n) is 3.60. The third kappa shape index (κ3) is 5.66. The molecule has 1 saturated heterocycles. The molecule has 1 fully saturated rings. The topological polar surface area (TPSA) is 122 Å². The van der Waals surface area contributed by atoms with Gasteiger partial charge in [0.05, 0.1) is 42.0 Å². The Labute approximate surface area is 213 Å². The first-order valence-electron chi connectivity index (χ1n) is 11.0. The molecule has 13 heteroatoms. The predicted molar refractivity (Wildman–Crippen MR) is 136 cm³/mol. The fourth-order valence-corrected chi connectivity index (χ4v) is 5.62. The monoisotopic (exact) mass is 538 g/mol. The van der Waals surface area contributed by atoms with Crippen molar-refractivity contribution in [2.24, 2.45) is 0 Å². The molecule has 0 aliphatic carbocycles. The summed E-state index contributed by atoms with van der Waals surface area (Å²) >= 11 is 7.70. The standard InChI is InChI=1S/C22H27ClN6O4S2/c1-5-35(30,31)15-6-7-17(16(23)11-15)34-22-25-20(24-18-10-13(2)27-28-18)19(32-4)21(26-22)29-8-9-33-12-14(29)3/h6-7,10-11,14H,5,8-9,12H2,1-4H3,(H2,24,25,26,27,28)/t14-/m1/s1. The number of rotatable bonds is 8. The van der Waals surface area contributed by atoms with E-state index in [4.69, 9.17) is 26.1 Å². The van der Waals surface area contributed by atoms with E-state index in [9.17, 15) is 8.42 Å². The zero-order chi connectivity index (χ0) is 25.2. The molecule has 0 spiro atoms. The van der Waals surface area contributed by atoms with Crippen LogP contribution in [-0.2, 0) is 14.6 Å².